The fraction of sp³-hybridized carbons (Fsp3) is 0.600. The maximum Gasteiger partial charge on any atom is 0.114 e. The molecule has 0 rings (SSSR count). The second-order valence-corrected chi connectivity index (χ2v) is 3.84. The van der Waals surface area contributed by atoms with Crippen molar-refractivity contribution in [2.24, 2.45) is 0 Å². The highest BCUT2D eigenvalue weighted by atomic mass is 35.5. The molecule has 1 nitrogen and oxygen atoms in total. The van der Waals surface area contributed by atoms with Gasteiger partial charge in [0.2, 0.25) is 0 Å². The Balaban J connectivity index is 3.99. The first kappa shape index (κ1) is 12.9. The summed E-state index contributed by atoms with van der Waals surface area (Å²) in [4.78, 5) is 0. The summed E-state index contributed by atoms with van der Waals surface area (Å²) in [6.07, 6.45) is 1.57. The average molecular weight is 223 g/mol. The quantitative estimate of drug-likeness (QED) is 0.487. The molecule has 0 aliphatic carbocycles. The van der Waals surface area contributed by atoms with E-state index in [9.17, 15) is 0 Å². The van der Waals surface area contributed by atoms with Crippen LogP contribution in [0.3, 0.4) is 0 Å². The molecule has 3 heteroatoms. The SMILES string of the molecule is C=C(OC(=C)C(Cl)CC)C(Cl)CC. The second-order valence-electron chi connectivity index (χ2n) is 2.79. The standard InChI is InChI=1S/C10H16Cl2O/c1-5-9(11)7(3)13-8(4)10(12)6-2/h9-10H,3-6H2,1-2H3. The van der Waals surface area contributed by atoms with Gasteiger partial charge < -0.3 is 4.74 Å². The monoisotopic (exact) mass is 222 g/mol. The van der Waals surface area contributed by atoms with Crippen LogP contribution in [-0.2, 0) is 4.74 Å². The minimum atomic E-state index is -0.169. The van der Waals surface area contributed by atoms with Crippen molar-refractivity contribution in [2.45, 2.75) is 37.4 Å². The average Bonchev–Trinajstić information content (AvgIpc) is 2.14. The molecule has 0 spiro atoms. The zero-order valence-electron chi connectivity index (χ0n) is 8.15. The highest BCUT2D eigenvalue weighted by Crippen LogP contribution is 2.20. The topological polar surface area (TPSA) is 9.23 Å². The van der Waals surface area contributed by atoms with Gasteiger partial charge in [0, 0.05) is 0 Å². The van der Waals surface area contributed by atoms with E-state index in [0.717, 1.165) is 12.8 Å². The summed E-state index contributed by atoms with van der Waals surface area (Å²) in [5.74, 6) is 1.04. The van der Waals surface area contributed by atoms with Gasteiger partial charge in [0.1, 0.15) is 11.5 Å². The van der Waals surface area contributed by atoms with Crippen LogP contribution in [0.15, 0.2) is 24.7 Å². The van der Waals surface area contributed by atoms with E-state index in [0.29, 0.717) is 11.5 Å². The predicted octanol–water partition coefficient (Wildman–Crippen LogP) is 4.07. The molecular weight excluding hydrogens is 207 g/mol. The van der Waals surface area contributed by atoms with E-state index in [4.69, 9.17) is 27.9 Å². The lowest BCUT2D eigenvalue weighted by atomic mass is 10.3. The van der Waals surface area contributed by atoms with Gasteiger partial charge in [0.05, 0.1) is 10.8 Å². The fourth-order valence-electron chi connectivity index (χ4n) is 0.752. The molecule has 0 aromatic heterocycles. The van der Waals surface area contributed by atoms with E-state index in [1.54, 1.807) is 0 Å². The van der Waals surface area contributed by atoms with Gasteiger partial charge in [0.25, 0.3) is 0 Å². The van der Waals surface area contributed by atoms with Crippen LogP contribution in [0, 0.1) is 0 Å². The van der Waals surface area contributed by atoms with E-state index < -0.39 is 0 Å². The molecule has 0 aliphatic rings. The molecule has 13 heavy (non-hydrogen) atoms. The number of alkyl halides is 2. The summed E-state index contributed by atoms with van der Waals surface area (Å²) in [6, 6.07) is 0. The van der Waals surface area contributed by atoms with Crippen molar-refractivity contribution in [2.75, 3.05) is 0 Å². The van der Waals surface area contributed by atoms with Crippen molar-refractivity contribution >= 4 is 23.2 Å². The molecule has 0 N–H and O–H groups in total. The van der Waals surface area contributed by atoms with Gasteiger partial charge in [0.15, 0.2) is 0 Å². The van der Waals surface area contributed by atoms with Crippen molar-refractivity contribution in [3.05, 3.63) is 24.7 Å². The minimum Gasteiger partial charge on any atom is -0.464 e. The predicted molar refractivity (Wildman–Crippen MR) is 59.2 cm³/mol. The molecule has 0 aromatic carbocycles. The molecule has 2 unspecified atom stereocenters. The van der Waals surface area contributed by atoms with Crippen molar-refractivity contribution in [1.29, 1.82) is 0 Å². The number of rotatable bonds is 6. The molecule has 0 amide bonds. The Kier molecular flexibility index (Phi) is 6.27. The first-order valence-corrected chi connectivity index (χ1v) is 5.23. The van der Waals surface area contributed by atoms with Gasteiger partial charge in [-0.1, -0.05) is 27.0 Å². The van der Waals surface area contributed by atoms with Crippen molar-refractivity contribution < 1.29 is 4.74 Å². The molecule has 0 fully saturated rings. The van der Waals surface area contributed by atoms with Crippen molar-refractivity contribution in [3.8, 4) is 0 Å². The number of allylic oxidation sites excluding steroid dienone is 2. The maximum absolute atomic E-state index is 5.90. The van der Waals surface area contributed by atoms with Gasteiger partial charge in [-0.15, -0.1) is 23.2 Å². The lowest BCUT2D eigenvalue weighted by Gasteiger charge is -2.16. The molecule has 0 bridgehead atoms. The Hall–Kier alpha value is -0.140. The van der Waals surface area contributed by atoms with Gasteiger partial charge in [-0.25, -0.2) is 0 Å². The maximum atomic E-state index is 5.90. The zero-order valence-corrected chi connectivity index (χ0v) is 9.66. The molecule has 0 aliphatic heterocycles. The number of halogens is 2. The largest absolute Gasteiger partial charge is 0.464 e. The summed E-state index contributed by atoms with van der Waals surface area (Å²) < 4.78 is 5.30. The summed E-state index contributed by atoms with van der Waals surface area (Å²) in [5, 5.41) is -0.338. The number of hydrogen-bond donors (Lipinski definition) is 0. The Morgan fingerprint density at radius 3 is 1.62 bits per heavy atom. The van der Waals surface area contributed by atoms with E-state index >= 15 is 0 Å². The normalized spacial score (nSPS) is 14.8. The van der Waals surface area contributed by atoms with E-state index in [2.05, 4.69) is 13.2 Å². The van der Waals surface area contributed by atoms with E-state index in [1.807, 2.05) is 13.8 Å². The van der Waals surface area contributed by atoms with E-state index in [-0.39, 0.29) is 10.8 Å². The lowest BCUT2D eigenvalue weighted by Crippen LogP contribution is -2.09. The Bertz CT molecular complexity index is 169. The zero-order chi connectivity index (χ0) is 10.4. The van der Waals surface area contributed by atoms with Crippen molar-refractivity contribution in [3.63, 3.8) is 0 Å². The Morgan fingerprint density at radius 2 is 1.38 bits per heavy atom. The summed E-state index contributed by atoms with van der Waals surface area (Å²) in [6.45, 7) is 11.3. The van der Waals surface area contributed by atoms with Crippen LogP contribution < -0.4 is 0 Å². The van der Waals surface area contributed by atoms with Crippen LogP contribution in [0.5, 0.6) is 0 Å². The third-order valence-electron chi connectivity index (χ3n) is 1.68. The van der Waals surface area contributed by atoms with Gasteiger partial charge in [-0.3, -0.25) is 0 Å². The smallest absolute Gasteiger partial charge is 0.114 e. The van der Waals surface area contributed by atoms with Crippen LogP contribution in [0.2, 0.25) is 0 Å². The fourth-order valence-corrected chi connectivity index (χ4v) is 0.841. The summed E-state index contributed by atoms with van der Waals surface area (Å²) >= 11 is 11.8. The molecule has 0 saturated heterocycles. The number of ether oxygens (including phenoxy) is 1. The van der Waals surface area contributed by atoms with Crippen LogP contribution >= 0.6 is 23.2 Å². The third kappa shape index (κ3) is 4.58. The molecule has 2 atom stereocenters. The van der Waals surface area contributed by atoms with Crippen LogP contribution in [0.4, 0.5) is 0 Å². The van der Waals surface area contributed by atoms with Crippen molar-refractivity contribution in [1.82, 2.24) is 0 Å². The minimum absolute atomic E-state index is 0.169. The number of hydrogen-bond acceptors (Lipinski definition) is 1. The molecule has 0 radical (unpaired) electrons. The van der Waals surface area contributed by atoms with Crippen LogP contribution in [-0.4, -0.2) is 10.8 Å². The first-order valence-electron chi connectivity index (χ1n) is 4.36. The van der Waals surface area contributed by atoms with Gasteiger partial charge in [-0.05, 0) is 12.8 Å². The summed E-state index contributed by atoms with van der Waals surface area (Å²) in [5.41, 5.74) is 0. The lowest BCUT2D eigenvalue weighted by molar-refractivity contribution is 0.283. The third-order valence-corrected chi connectivity index (χ3v) is 2.78. The van der Waals surface area contributed by atoms with E-state index in [1.165, 1.54) is 0 Å². The highest BCUT2D eigenvalue weighted by Gasteiger charge is 2.13. The Morgan fingerprint density at radius 1 is 1.08 bits per heavy atom. The molecule has 0 aromatic rings. The molecule has 76 valence electrons. The van der Waals surface area contributed by atoms with Gasteiger partial charge in [-0.2, -0.15) is 0 Å². The second kappa shape index (κ2) is 6.33. The Labute approximate surface area is 90.4 Å². The highest BCUT2D eigenvalue weighted by molar-refractivity contribution is 6.22. The molecule has 0 heterocycles. The molecule has 0 saturated carbocycles. The first-order chi connectivity index (χ1) is 6.02. The van der Waals surface area contributed by atoms with Crippen LogP contribution in [0.25, 0.3) is 0 Å². The summed E-state index contributed by atoms with van der Waals surface area (Å²) in [7, 11) is 0. The molecular formula is C10H16Cl2O. The van der Waals surface area contributed by atoms with Crippen LogP contribution in [0.1, 0.15) is 26.7 Å². The van der Waals surface area contributed by atoms with Gasteiger partial charge >= 0.3 is 0 Å².